The number of amides is 1. The van der Waals surface area contributed by atoms with E-state index in [4.69, 9.17) is 0 Å². The van der Waals surface area contributed by atoms with Crippen LogP contribution in [0.2, 0.25) is 0 Å². The van der Waals surface area contributed by atoms with Crippen molar-refractivity contribution in [2.75, 3.05) is 39.3 Å². The first-order chi connectivity index (χ1) is 7.29. The van der Waals surface area contributed by atoms with Crippen LogP contribution in [-0.4, -0.2) is 61.0 Å². The highest BCUT2D eigenvalue weighted by atomic mass is 16.2. The standard InChI is InChI=1S/C11H21N3O/c1-10(13-6-2-3-7-13)11(15)14-8-4-12-5-9-14/h10,12H,2-9H2,1H3. The first-order valence-electron chi connectivity index (χ1n) is 6.02. The molecular weight excluding hydrogens is 190 g/mol. The maximum absolute atomic E-state index is 12.1. The second kappa shape index (κ2) is 4.94. The van der Waals surface area contributed by atoms with E-state index in [0.717, 1.165) is 39.3 Å². The molecule has 1 atom stereocenters. The molecule has 4 nitrogen and oxygen atoms in total. The Labute approximate surface area is 91.6 Å². The maximum atomic E-state index is 12.1. The summed E-state index contributed by atoms with van der Waals surface area (Å²) in [6.07, 6.45) is 2.50. The Morgan fingerprint density at radius 1 is 1.13 bits per heavy atom. The lowest BCUT2D eigenvalue weighted by Crippen LogP contribution is -2.52. The summed E-state index contributed by atoms with van der Waals surface area (Å²) in [5, 5.41) is 3.27. The summed E-state index contributed by atoms with van der Waals surface area (Å²) in [4.78, 5) is 16.5. The molecule has 2 heterocycles. The second-order valence-corrected chi connectivity index (χ2v) is 4.49. The molecule has 2 saturated heterocycles. The summed E-state index contributed by atoms with van der Waals surface area (Å²) < 4.78 is 0. The van der Waals surface area contributed by atoms with E-state index in [1.54, 1.807) is 0 Å². The first-order valence-corrected chi connectivity index (χ1v) is 6.02. The third-order valence-electron chi connectivity index (χ3n) is 3.47. The van der Waals surface area contributed by atoms with Crippen LogP contribution >= 0.6 is 0 Å². The molecule has 2 aliphatic heterocycles. The average molecular weight is 211 g/mol. The van der Waals surface area contributed by atoms with Crippen molar-refractivity contribution in [3.05, 3.63) is 0 Å². The molecule has 2 rings (SSSR count). The zero-order chi connectivity index (χ0) is 10.7. The van der Waals surface area contributed by atoms with Crippen molar-refractivity contribution >= 4 is 5.91 Å². The molecule has 0 aromatic carbocycles. The van der Waals surface area contributed by atoms with E-state index in [2.05, 4.69) is 17.1 Å². The first kappa shape index (κ1) is 10.9. The summed E-state index contributed by atoms with van der Waals surface area (Å²) >= 11 is 0. The van der Waals surface area contributed by atoms with Crippen molar-refractivity contribution in [2.45, 2.75) is 25.8 Å². The van der Waals surface area contributed by atoms with E-state index in [-0.39, 0.29) is 6.04 Å². The number of nitrogens with one attached hydrogen (secondary N) is 1. The monoisotopic (exact) mass is 211 g/mol. The van der Waals surface area contributed by atoms with Gasteiger partial charge in [-0.1, -0.05) is 0 Å². The number of nitrogens with zero attached hydrogens (tertiary/aromatic N) is 2. The zero-order valence-electron chi connectivity index (χ0n) is 9.54. The molecule has 0 saturated carbocycles. The summed E-state index contributed by atoms with van der Waals surface area (Å²) in [5.41, 5.74) is 0. The quantitative estimate of drug-likeness (QED) is 0.693. The Hall–Kier alpha value is -0.610. The summed E-state index contributed by atoms with van der Waals surface area (Å²) in [6.45, 7) is 7.87. The predicted molar refractivity (Wildman–Crippen MR) is 59.7 cm³/mol. The molecule has 1 amide bonds. The molecule has 0 bridgehead atoms. The fraction of sp³-hybridized carbons (Fsp3) is 0.909. The van der Waals surface area contributed by atoms with Crippen LogP contribution in [0.4, 0.5) is 0 Å². The minimum atomic E-state index is 0.0885. The smallest absolute Gasteiger partial charge is 0.239 e. The number of piperazine rings is 1. The van der Waals surface area contributed by atoms with E-state index in [1.807, 2.05) is 4.90 Å². The van der Waals surface area contributed by atoms with Crippen LogP contribution in [0.1, 0.15) is 19.8 Å². The zero-order valence-corrected chi connectivity index (χ0v) is 9.54. The molecule has 0 radical (unpaired) electrons. The molecule has 0 spiro atoms. The van der Waals surface area contributed by atoms with Gasteiger partial charge >= 0.3 is 0 Å². The van der Waals surface area contributed by atoms with Gasteiger partial charge in [0.25, 0.3) is 0 Å². The Kier molecular flexibility index (Phi) is 3.59. The van der Waals surface area contributed by atoms with Gasteiger partial charge in [-0.15, -0.1) is 0 Å². The number of hydrogen-bond donors (Lipinski definition) is 1. The highest BCUT2D eigenvalue weighted by Gasteiger charge is 2.28. The van der Waals surface area contributed by atoms with E-state index < -0.39 is 0 Å². The summed E-state index contributed by atoms with van der Waals surface area (Å²) in [7, 11) is 0. The topological polar surface area (TPSA) is 35.6 Å². The summed E-state index contributed by atoms with van der Waals surface area (Å²) in [5.74, 6) is 0.318. The van der Waals surface area contributed by atoms with Crippen LogP contribution in [0.25, 0.3) is 0 Å². The molecule has 2 fully saturated rings. The van der Waals surface area contributed by atoms with Gasteiger partial charge in [-0.25, -0.2) is 0 Å². The maximum Gasteiger partial charge on any atom is 0.239 e. The fourth-order valence-corrected chi connectivity index (χ4v) is 2.43. The van der Waals surface area contributed by atoms with Crippen LogP contribution in [0.15, 0.2) is 0 Å². The van der Waals surface area contributed by atoms with Gasteiger partial charge in [-0.2, -0.15) is 0 Å². The van der Waals surface area contributed by atoms with E-state index in [0.29, 0.717) is 5.91 Å². The number of likely N-dealkylation sites (tertiary alicyclic amines) is 1. The molecule has 86 valence electrons. The minimum absolute atomic E-state index is 0.0885. The van der Waals surface area contributed by atoms with E-state index in [9.17, 15) is 4.79 Å². The van der Waals surface area contributed by atoms with Crippen LogP contribution in [0.3, 0.4) is 0 Å². The van der Waals surface area contributed by atoms with Crippen LogP contribution in [0, 0.1) is 0 Å². The highest BCUT2D eigenvalue weighted by Crippen LogP contribution is 2.13. The van der Waals surface area contributed by atoms with Crippen LogP contribution in [-0.2, 0) is 4.79 Å². The Balaban J connectivity index is 1.87. The van der Waals surface area contributed by atoms with Crippen molar-refractivity contribution in [3.8, 4) is 0 Å². The lowest BCUT2D eigenvalue weighted by Gasteiger charge is -2.32. The molecule has 0 aliphatic carbocycles. The number of carbonyl (C=O) groups excluding carboxylic acids is 1. The van der Waals surface area contributed by atoms with Gasteiger partial charge in [-0.3, -0.25) is 9.69 Å². The lowest BCUT2D eigenvalue weighted by molar-refractivity contribution is -0.136. The predicted octanol–water partition coefficient (Wildman–Crippen LogP) is -0.0975. The minimum Gasteiger partial charge on any atom is -0.339 e. The van der Waals surface area contributed by atoms with Gasteiger partial charge in [0.1, 0.15) is 0 Å². The largest absolute Gasteiger partial charge is 0.339 e. The average Bonchev–Trinajstić information content (AvgIpc) is 2.82. The van der Waals surface area contributed by atoms with Crippen LogP contribution < -0.4 is 5.32 Å². The van der Waals surface area contributed by atoms with Crippen LogP contribution in [0.5, 0.6) is 0 Å². The van der Waals surface area contributed by atoms with E-state index >= 15 is 0 Å². The Morgan fingerprint density at radius 2 is 1.73 bits per heavy atom. The Morgan fingerprint density at radius 3 is 2.33 bits per heavy atom. The van der Waals surface area contributed by atoms with E-state index in [1.165, 1.54) is 12.8 Å². The molecule has 15 heavy (non-hydrogen) atoms. The molecule has 0 aromatic heterocycles. The van der Waals surface area contributed by atoms with Crippen molar-refractivity contribution in [1.29, 1.82) is 0 Å². The van der Waals surface area contributed by atoms with Gasteiger partial charge in [0, 0.05) is 26.2 Å². The summed E-state index contributed by atoms with van der Waals surface area (Å²) in [6, 6.07) is 0.0885. The molecule has 4 heteroatoms. The van der Waals surface area contributed by atoms with Crippen molar-refractivity contribution in [1.82, 2.24) is 15.1 Å². The molecular formula is C11H21N3O. The fourth-order valence-electron chi connectivity index (χ4n) is 2.43. The SMILES string of the molecule is CC(C(=O)N1CCNCC1)N1CCCC1. The molecule has 0 aromatic rings. The highest BCUT2D eigenvalue weighted by molar-refractivity contribution is 5.81. The van der Waals surface area contributed by atoms with Gasteiger partial charge in [-0.05, 0) is 32.9 Å². The van der Waals surface area contributed by atoms with Gasteiger partial charge in [0.2, 0.25) is 5.91 Å². The third-order valence-corrected chi connectivity index (χ3v) is 3.47. The van der Waals surface area contributed by atoms with Gasteiger partial charge in [0.15, 0.2) is 0 Å². The lowest BCUT2D eigenvalue weighted by atomic mass is 10.2. The van der Waals surface area contributed by atoms with Crippen molar-refractivity contribution in [3.63, 3.8) is 0 Å². The molecule has 1 unspecified atom stereocenters. The molecule has 2 aliphatic rings. The number of hydrogen-bond acceptors (Lipinski definition) is 3. The van der Waals surface area contributed by atoms with Crippen molar-refractivity contribution < 1.29 is 4.79 Å². The third kappa shape index (κ3) is 2.49. The normalized spacial score (nSPS) is 25.5. The number of rotatable bonds is 2. The second-order valence-electron chi connectivity index (χ2n) is 4.49. The molecule has 1 N–H and O–H groups in total. The number of carbonyl (C=O) groups is 1. The van der Waals surface area contributed by atoms with Crippen molar-refractivity contribution in [2.24, 2.45) is 0 Å². The van der Waals surface area contributed by atoms with Gasteiger partial charge < -0.3 is 10.2 Å². The van der Waals surface area contributed by atoms with Gasteiger partial charge in [0.05, 0.1) is 6.04 Å². The Bertz CT molecular complexity index is 220.